The number of nitrogens with zero attached hydrogens (tertiary/aromatic N) is 2. The molecule has 6 nitrogen and oxygen atoms in total. The average Bonchev–Trinajstić information content (AvgIpc) is 3.44. The highest BCUT2D eigenvalue weighted by Gasteiger charge is 2.70. The van der Waals surface area contributed by atoms with Crippen LogP contribution in [0.3, 0.4) is 0 Å². The molecular weight excluding hydrogens is 596 g/mol. The van der Waals surface area contributed by atoms with Crippen LogP contribution >= 0.6 is 0 Å². The predicted octanol–water partition coefficient (Wildman–Crippen LogP) is 5.72. The molecule has 10 atom stereocenters. The van der Waals surface area contributed by atoms with E-state index in [1.54, 1.807) is 0 Å². The van der Waals surface area contributed by atoms with Gasteiger partial charge in [-0.15, -0.1) is 13.2 Å². The summed E-state index contributed by atoms with van der Waals surface area (Å²) >= 11 is 0. The summed E-state index contributed by atoms with van der Waals surface area (Å²) in [6, 6.07) is 0. The molecule has 48 heavy (non-hydrogen) atoms. The highest BCUT2D eigenvalue weighted by Crippen LogP contribution is 2.77. The lowest BCUT2D eigenvalue weighted by Gasteiger charge is -2.73. The minimum Gasteiger partial charge on any atom is -0.854 e. The van der Waals surface area contributed by atoms with E-state index in [-0.39, 0.29) is 52.4 Å². The van der Waals surface area contributed by atoms with Gasteiger partial charge in [-0.2, -0.15) is 0 Å². The third kappa shape index (κ3) is 5.09. The SMILES string of the molecule is C=C(C)C1CC[C@]2(C[O-])CC[C@]3(C)C(CCC4[C@@]5(C)CC[C@H](OC(=O)C[N+]67CC[N+](CCCC[O-])(CC6)CC7)C(C)(C)C5CC[C@]43C)C12. The van der Waals surface area contributed by atoms with Crippen LogP contribution in [-0.4, -0.2) is 86.6 Å². The molecule has 0 radical (unpaired) electrons. The fourth-order valence-corrected chi connectivity index (χ4v) is 15.3. The lowest BCUT2D eigenvalue weighted by molar-refractivity contribution is -1.08. The van der Waals surface area contributed by atoms with Gasteiger partial charge in [0.05, 0.1) is 6.54 Å². The Bertz CT molecular complexity index is 1240. The second kappa shape index (κ2) is 12.1. The molecule has 0 aromatic rings. The van der Waals surface area contributed by atoms with E-state index >= 15 is 0 Å². The molecule has 272 valence electrons. The van der Waals surface area contributed by atoms with Crippen LogP contribution in [0.5, 0.6) is 0 Å². The van der Waals surface area contributed by atoms with Crippen molar-refractivity contribution in [3.05, 3.63) is 12.2 Å². The van der Waals surface area contributed by atoms with E-state index in [2.05, 4.69) is 48.1 Å². The molecule has 0 amide bonds. The van der Waals surface area contributed by atoms with Gasteiger partial charge < -0.3 is 23.9 Å². The molecule has 5 aliphatic carbocycles. The van der Waals surface area contributed by atoms with E-state index in [4.69, 9.17) is 4.74 Å². The molecule has 8 aliphatic rings. The Kier molecular flexibility index (Phi) is 8.90. The molecule has 3 aliphatic heterocycles. The number of hydrogen-bond acceptors (Lipinski definition) is 4. The van der Waals surface area contributed by atoms with E-state index in [9.17, 15) is 15.0 Å². The maximum absolute atomic E-state index is 13.8. The van der Waals surface area contributed by atoms with E-state index in [0.29, 0.717) is 36.1 Å². The lowest BCUT2D eigenvalue weighted by atomic mass is 9.32. The monoisotopic (exact) mass is 667 g/mol. The van der Waals surface area contributed by atoms with Crippen LogP contribution in [0, 0.1) is 56.7 Å². The van der Waals surface area contributed by atoms with Crippen LogP contribution in [0.2, 0.25) is 0 Å². The van der Waals surface area contributed by atoms with Crippen molar-refractivity contribution >= 4 is 5.97 Å². The number of ether oxygens (including phenoxy) is 1. The summed E-state index contributed by atoms with van der Waals surface area (Å²) in [5, 5.41) is 23.9. The van der Waals surface area contributed by atoms with Gasteiger partial charge in [0, 0.05) is 5.41 Å². The molecule has 0 spiro atoms. The highest BCUT2D eigenvalue weighted by molar-refractivity contribution is 5.71. The smallest absolute Gasteiger partial charge is 0.362 e. The number of carbonyl (C=O) groups is 1. The van der Waals surface area contributed by atoms with Gasteiger partial charge in [-0.1, -0.05) is 53.2 Å². The number of carbonyl (C=O) groups excluding carboxylic acids is 1. The molecule has 3 heterocycles. The molecule has 5 saturated carbocycles. The van der Waals surface area contributed by atoms with Crippen molar-refractivity contribution in [2.45, 2.75) is 125 Å². The van der Waals surface area contributed by atoms with Gasteiger partial charge in [0.25, 0.3) is 0 Å². The summed E-state index contributed by atoms with van der Waals surface area (Å²) in [5.74, 6) is 2.94. The van der Waals surface area contributed by atoms with Crippen molar-refractivity contribution in [2.24, 2.45) is 56.7 Å². The molecular formula is C42H70N2O4. The Morgan fingerprint density at radius 2 is 1.46 bits per heavy atom. The number of rotatable bonds is 9. The van der Waals surface area contributed by atoms with Crippen molar-refractivity contribution in [2.75, 3.05) is 65.6 Å². The van der Waals surface area contributed by atoms with Gasteiger partial charge in [0.2, 0.25) is 0 Å². The van der Waals surface area contributed by atoms with Gasteiger partial charge in [0.15, 0.2) is 6.54 Å². The topological polar surface area (TPSA) is 72.4 Å². The Morgan fingerprint density at radius 3 is 2.10 bits per heavy atom. The molecule has 8 fully saturated rings. The van der Waals surface area contributed by atoms with Crippen LogP contribution in [0.4, 0.5) is 0 Å². The third-order valence-corrected chi connectivity index (χ3v) is 18.4. The maximum atomic E-state index is 13.8. The predicted molar refractivity (Wildman–Crippen MR) is 187 cm³/mol. The maximum Gasteiger partial charge on any atom is 0.362 e. The summed E-state index contributed by atoms with van der Waals surface area (Å²) in [6.45, 7) is 28.0. The van der Waals surface area contributed by atoms with Gasteiger partial charge >= 0.3 is 5.97 Å². The van der Waals surface area contributed by atoms with Gasteiger partial charge in [-0.3, -0.25) is 0 Å². The molecule has 6 heteroatoms. The molecule has 0 aromatic heterocycles. The number of hydrogen-bond donors (Lipinski definition) is 0. The van der Waals surface area contributed by atoms with Crippen LogP contribution in [0.15, 0.2) is 12.2 Å². The number of piperazine rings is 3. The first-order valence-electron chi connectivity index (χ1n) is 20.3. The highest BCUT2D eigenvalue weighted by atomic mass is 16.5. The first-order chi connectivity index (χ1) is 22.6. The molecule has 2 bridgehead atoms. The Hall–Kier alpha value is -0.950. The largest absolute Gasteiger partial charge is 0.854 e. The number of esters is 1. The number of allylic oxidation sites excluding steroid dienone is 1. The zero-order valence-corrected chi connectivity index (χ0v) is 31.8. The first-order valence-corrected chi connectivity index (χ1v) is 20.3. The van der Waals surface area contributed by atoms with E-state index in [0.717, 1.165) is 88.8 Å². The van der Waals surface area contributed by atoms with E-state index < -0.39 is 0 Å². The summed E-state index contributed by atoms with van der Waals surface area (Å²) in [7, 11) is 0. The Balaban J connectivity index is 1.04. The summed E-state index contributed by atoms with van der Waals surface area (Å²) in [4.78, 5) is 13.8. The minimum atomic E-state index is -0.0417. The summed E-state index contributed by atoms with van der Waals surface area (Å²) in [5.41, 5.74) is 2.07. The van der Waals surface area contributed by atoms with E-state index in [1.807, 2.05) is 0 Å². The van der Waals surface area contributed by atoms with Crippen LogP contribution < -0.4 is 10.2 Å². The van der Waals surface area contributed by atoms with E-state index in [1.165, 1.54) is 48.6 Å². The number of quaternary nitrogens is 2. The third-order valence-electron chi connectivity index (χ3n) is 18.4. The molecule has 0 N–H and O–H groups in total. The standard InChI is InChI=1S/C42H70N2O4/c1-30(2)31-12-17-42(29-46)19-18-40(6)32(37(31)42)10-11-34-39(5)15-14-35(38(3,4)33(39)13-16-41(34,40)7)48-36(47)28-44-24-21-43(22-25-44,23-26-44)20-8-9-27-45/h31-35,37H,1,8-29H2,2-7H3/t31?,32?,33?,34?,35-,37?,39-,40+,41+,42+,43?,44?/m0/s1. The molecule has 8 rings (SSSR count). The average molecular weight is 667 g/mol. The quantitative estimate of drug-likeness (QED) is 0.137. The van der Waals surface area contributed by atoms with Crippen molar-refractivity contribution in [1.82, 2.24) is 0 Å². The second-order valence-corrected chi connectivity index (χ2v) is 20.3. The van der Waals surface area contributed by atoms with Gasteiger partial charge in [-0.05, 0) is 129 Å². The summed E-state index contributed by atoms with van der Waals surface area (Å²) in [6.07, 6.45) is 13.6. The zero-order valence-electron chi connectivity index (χ0n) is 31.8. The van der Waals surface area contributed by atoms with Gasteiger partial charge in [0.1, 0.15) is 45.4 Å². The Labute approximate surface area is 293 Å². The first kappa shape index (κ1) is 35.5. The minimum absolute atomic E-state index is 0.00346. The fourth-order valence-electron chi connectivity index (χ4n) is 15.3. The normalized spacial score (nSPS) is 50.5. The lowest BCUT2D eigenvalue weighted by Crippen LogP contribution is -2.75. The van der Waals surface area contributed by atoms with Gasteiger partial charge in [-0.25, -0.2) is 4.79 Å². The number of fused-ring (bicyclic) bond motifs is 10. The van der Waals surface area contributed by atoms with Crippen LogP contribution in [-0.2, 0) is 9.53 Å². The zero-order chi connectivity index (χ0) is 34.4. The van der Waals surface area contributed by atoms with Crippen LogP contribution in [0.1, 0.15) is 119 Å². The molecule has 0 aromatic carbocycles. The molecule has 3 saturated heterocycles. The van der Waals surface area contributed by atoms with Crippen molar-refractivity contribution in [1.29, 1.82) is 0 Å². The second-order valence-electron chi connectivity index (χ2n) is 20.3. The van der Waals surface area contributed by atoms with Crippen molar-refractivity contribution in [3.63, 3.8) is 0 Å². The Morgan fingerprint density at radius 1 is 0.771 bits per heavy atom. The number of unbranched alkanes of at least 4 members (excludes halogenated alkanes) is 1. The summed E-state index contributed by atoms with van der Waals surface area (Å²) < 4.78 is 8.67. The van der Waals surface area contributed by atoms with Crippen molar-refractivity contribution in [3.8, 4) is 0 Å². The fraction of sp³-hybridized carbons (Fsp3) is 0.929. The van der Waals surface area contributed by atoms with Crippen molar-refractivity contribution < 1.29 is 28.7 Å². The molecule has 5 unspecified atom stereocenters. The van der Waals surface area contributed by atoms with Crippen LogP contribution in [0.25, 0.3) is 0 Å².